The fraction of sp³-hybridized carbons (Fsp3) is 0.667. The van der Waals surface area contributed by atoms with Crippen LogP contribution in [0.25, 0.3) is 0 Å². The van der Waals surface area contributed by atoms with E-state index in [9.17, 15) is 0 Å². The number of rotatable bonds is 8. The van der Waals surface area contributed by atoms with Gasteiger partial charge in [-0.3, -0.25) is 0 Å². The fourth-order valence-corrected chi connectivity index (χ4v) is 3.20. The number of nitrogens with zero attached hydrogens (tertiary/aromatic N) is 1. The molecule has 0 aliphatic carbocycles. The van der Waals surface area contributed by atoms with Crippen molar-refractivity contribution in [3.05, 3.63) is 29.8 Å². The Morgan fingerprint density at radius 1 is 1.15 bits per heavy atom. The molecule has 2 rings (SSSR count). The molecular formula is C18H30N2. The zero-order chi connectivity index (χ0) is 14.2. The van der Waals surface area contributed by atoms with Crippen LogP contribution in [0, 0.1) is 5.92 Å². The zero-order valence-electron chi connectivity index (χ0n) is 13.2. The molecule has 20 heavy (non-hydrogen) atoms. The maximum Gasteiger partial charge on any atom is 0.0398 e. The predicted molar refractivity (Wildman–Crippen MR) is 88.5 cm³/mol. The van der Waals surface area contributed by atoms with Gasteiger partial charge in [-0.25, -0.2) is 0 Å². The van der Waals surface area contributed by atoms with Crippen LogP contribution >= 0.6 is 0 Å². The number of anilines is 1. The van der Waals surface area contributed by atoms with Crippen molar-refractivity contribution in [2.75, 3.05) is 31.1 Å². The molecule has 0 saturated heterocycles. The van der Waals surface area contributed by atoms with Crippen molar-refractivity contribution in [1.82, 2.24) is 5.32 Å². The third kappa shape index (κ3) is 4.52. The normalized spacial score (nSPS) is 18.1. The van der Waals surface area contributed by atoms with Crippen LogP contribution in [0.15, 0.2) is 24.3 Å². The SMILES string of the molecule is CCNCCCCCCN1CC(C)Cc2ccccc21. The Morgan fingerprint density at radius 3 is 2.80 bits per heavy atom. The molecule has 1 aromatic carbocycles. The van der Waals surface area contributed by atoms with E-state index < -0.39 is 0 Å². The molecule has 0 bridgehead atoms. The van der Waals surface area contributed by atoms with Crippen LogP contribution < -0.4 is 10.2 Å². The number of para-hydroxylation sites is 1. The van der Waals surface area contributed by atoms with Gasteiger partial charge in [0.1, 0.15) is 0 Å². The highest BCUT2D eigenvalue weighted by Crippen LogP contribution is 2.29. The molecule has 1 heterocycles. The molecule has 1 N–H and O–H groups in total. The van der Waals surface area contributed by atoms with Crippen LogP contribution in [-0.4, -0.2) is 26.2 Å². The number of hydrogen-bond donors (Lipinski definition) is 1. The van der Waals surface area contributed by atoms with Crippen LogP contribution in [-0.2, 0) is 6.42 Å². The Labute approximate surface area is 124 Å². The van der Waals surface area contributed by atoms with Gasteiger partial charge in [-0.1, -0.05) is 44.9 Å². The van der Waals surface area contributed by atoms with E-state index in [-0.39, 0.29) is 0 Å². The Balaban J connectivity index is 1.73. The highest BCUT2D eigenvalue weighted by Gasteiger charge is 2.20. The zero-order valence-corrected chi connectivity index (χ0v) is 13.2. The van der Waals surface area contributed by atoms with E-state index in [1.165, 1.54) is 57.4 Å². The summed E-state index contributed by atoms with van der Waals surface area (Å²) in [6.45, 7) is 9.29. The third-order valence-corrected chi connectivity index (χ3v) is 4.21. The molecule has 0 saturated carbocycles. The fourth-order valence-electron chi connectivity index (χ4n) is 3.20. The molecule has 0 radical (unpaired) electrons. The van der Waals surface area contributed by atoms with Crippen LogP contribution in [0.3, 0.4) is 0 Å². The quantitative estimate of drug-likeness (QED) is 0.724. The molecule has 112 valence electrons. The van der Waals surface area contributed by atoms with Gasteiger partial charge >= 0.3 is 0 Å². The van der Waals surface area contributed by atoms with E-state index in [2.05, 4.69) is 48.3 Å². The minimum Gasteiger partial charge on any atom is -0.371 e. The second-order valence-electron chi connectivity index (χ2n) is 6.15. The minimum absolute atomic E-state index is 0.790. The molecular weight excluding hydrogens is 244 g/mol. The summed E-state index contributed by atoms with van der Waals surface area (Å²) in [7, 11) is 0. The second-order valence-corrected chi connectivity index (χ2v) is 6.15. The molecule has 1 atom stereocenters. The Bertz CT molecular complexity index is 389. The van der Waals surface area contributed by atoms with E-state index >= 15 is 0 Å². The van der Waals surface area contributed by atoms with Crippen molar-refractivity contribution in [1.29, 1.82) is 0 Å². The summed E-state index contributed by atoms with van der Waals surface area (Å²) in [6, 6.07) is 8.95. The molecule has 0 amide bonds. The molecule has 1 unspecified atom stereocenters. The topological polar surface area (TPSA) is 15.3 Å². The maximum absolute atomic E-state index is 3.40. The van der Waals surface area contributed by atoms with Gasteiger partial charge in [-0.15, -0.1) is 0 Å². The molecule has 0 fully saturated rings. The maximum atomic E-state index is 3.40. The van der Waals surface area contributed by atoms with Gasteiger partial charge in [0.2, 0.25) is 0 Å². The highest BCUT2D eigenvalue weighted by molar-refractivity contribution is 5.55. The van der Waals surface area contributed by atoms with E-state index in [0.29, 0.717) is 0 Å². The van der Waals surface area contributed by atoms with Gasteiger partial charge in [0, 0.05) is 18.8 Å². The third-order valence-electron chi connectivity index (χ3n) is 4.21. The minimum atomic E-state index is 0.790. The van der Waals surface area contributed by atoms with E-state index in [1.54, 1.807) is 5.56 Å². The summed E-state index contributed by atoms with van der Waals surface area (Å²) in [5, 5.41) is 3.40. The Hall–Kier alpha value is -1.02. The van der Waals surface area contributed by atoms with Gasteiger partial charge in [0.05, 0.1) is 0 Å². The van der Waals surface area contributed by atoms with Gasteiger partial charge in [0.25, 0.3) is 0 Å². The summed E-state index contributed by atoms with van der Waals surface area (Å²) in [4.78, 5) is 2.60. The smallest absolute Gasteiger partial charge is 0.0398 e. The number of benzene rings is 1. The molecule has 0 aromatic heterocycles. The standard InChI is InChI=1S/C18H30N2/c1-3-19-12-8-4-5-9-13-20-15-16(2)14-17-10-6-7-11-18(17)20/h6-7,10-11,16,19H,3-5,8-9,12-15H2,1-2H3. The average molecular weight is 274 g/mol. The first kappa shape index (κ1) is 15.4. The average Bonchev–Trinajstić information content (AvgIpc) is 2.46. The van der Waals surface area contributed by atoms with Crippen LogP contribution in [0.1, 0.15) is 45.1 Å². The predicted octanol–water partition coefficient (Wildman–Crippen LogP) is 3.86. The first-order valence-electron chi connectivity index (χ1n) is 8.35. The van der Waals surface area contributed by atoms with Crippen molar-refractivity contribution < 1.29 is 0 Å². The summed E-state index contributed by atoms with van der Waals surface area (Å²) in [5.74, 6) is 0.790. The van der Waals surface area contributed by atoms with Crippen molar-refractivity contribution >= 4 is 5.69 Å². The van der Waals surface area contributed by atoms with Crippen LogP contribution in [0.2, 0.25) is 0 Å². The van der Waals surface area contributed by atoms with Crippen molar-refractivity contribution in [2.45, 2.75) is 46.0 Å². The molecule has 1 aliphatic heterocycles. The van der Waals surface area contributed by atoms with Crippen molar-refractivity contribution in [3.63, 3.8) is 0 Å². The lowest BCUT2D eigenvalue weighted by atomic mass is 9.93. The first-order chi connectivity index (χ1) is 9.81. The number of unbranched alkanes of at least 4 members (excludes halogenated alkanes) is 3. The summed E-state index contributed by atoms with van der Waals surface area (Å²) in [6.07, 6.45) is 6.61. The Kier molecular flexibility index (Phi) is 6.38. The van der Waals surface area contributed by atoms with Crippen molar-refractivity contribution in [3.8, 4) is 0 Å². The van der Waals surface area contributed by atoms with E-state index in [0.717, 1.165) is 12.5 Å². The van der Waals surface area contributed by atoms with Crippen LogP contribution in [0.5, 0.6) is 0 Å². The summed E-state index contributed by atoms with van der Waals surface area (Å²) >= 11 is 0. The van der Waals surface area contributed by atoms with Crippen molar-refractivity contribution in [2.24, 2.45) is 5.92 Å². The molecule has 1 aromatic rings. The van der Waals surface area contributed by atoms with Gasteiger partial charge in [-0.05, 0) is 49.9 Å². The number of hydrogen-bond acceptors (Lipinski definition) is 2. The highest BCUT2D eigenvalue weighted by atomic mass is 15.1. The van der Waals surface area contributed by atoms with E-state index in [4.69, 9.17) is 0 Å². The molecule has 2 heteroatoms. The lowest BCUT2D eigenvalue weighted by Gasteiger charge is -2.35. The van der Waals surface area contributed by atoms with Gasteiger partial charge < -0.3 is 10.2 Å². The van der Waals surface area contributed by atoms with Gasteiger partial charge in [-0.2, -0.15) is 0 Å². The Morgan fingerprint density at radius 2 is 1.95 bits per heavy atom. The van der Waals surface area contributed by atoms with E-state index in [1.807, 2.05) is 0 Å². The monoisotopic (exact) mass is 274 g/mol. The summed E-state index contributed by atoms with van der Waals surface area (Å²) in [5.41, 5.74) is 3.02. The molecule has 2 nitrogen and oxygen atoms in total. The van der Waals surface area contributed by atoms with Gasteiger partial charge in [0.15, 0.2) is 0 Å². The lowest BCUT2D eigenvalue weighted by Crippen LogP contribution is -2.35. The first-order valence-corrected chi connectivity index (χ1v) is 8.35. The summed E-state index contributed by atoms with van der Waals surface area (Å²) < 4.78 is 0. The second kappa shape index (κ2) is 8.31. The number of fused-ring (bicyclic) bond motifs is 1. The van der Waals surface area contributed by atoms with Crippen LogP contribution in [0.4, 0.5) is 5.69 Å². The molecule has 1 aliphatic rings. The largest absolute Gasteiger partial charge is 0.371 e. The molecule has 0 spiro atoms. The lowest BCUT2D eigenvalue weighted by molar-refractivity contribution is 0.516. The number of nitrogens with one attached hydrogen (secondary N) is 1.